The van der Waals surface area contributed by atoms with Crippen LogP contribution in [-0.2, 0) is 4.84 Å². The monoisotopic (exact) mass is 275 g/mol. The summed E-state index contributed by atoms with van der Waals surface area (Å²) in [5, 5.41) is 13.8. The van der Waals surface area contributed by atoms with Crippen LogP contribution in [0.15, 0.2) is 30.5 Å². The largest absolute Gasteiger partial charge is 0.504 e. The van der Waals surface area contributed by atoms with Crippen LogP contribution in [0.5, 0.6) is 5.75 Å². The molecule has 0 fully saturated rings. The average molecular weight is 275 g/mol. The van der Waals surface area contributed by atoms with Crippen molar-refractivity contribution in [2.75, 3.05) is 7.11 Å². The Labute approximate surface area is 116 Å². The molecule has 1 amide bonds. The first-order valence-electron chi connectivity index (χ1n) is 6.25. The first kappa shape index (κ1) is 14.1. The summed E-state index contributed by atoms with van der Waals surface area (Å²) < 4.78 is 1.46. The van der Waals surface area contributed by atoms with E-state index in [4.69, 9.17) is 0 Å². The Morgan fingerprint density at radius 3 is 2.85 bits per heavy atom. The minimum atomic E-state index is -0.594. The van der Waals surface area contributed by atoms with E-state index in [2.05, 4.69) is 29.3 Å². The summed E-state index contributed by atoms with van der Waals surface area (Å²) in [6, 6.07) is 7.76. The highest BCUT2D eigenvalue weighted by molar-refractivity contribution is 5.94. The van der Waals surface area contributed by atoms with Crippen molar-refractivity contribution in [3.05, 3.63) is 41.7 Å². The van der Waals surface area contributed by atoms with Gasteiger partial charge in [-0.25, -0.2) is 10.2 Å². The lowest BCUT2D eigenvalue weighted by atomic mass is 10.0. The van der Waals surface area contributed by atoms with E-state index >= 15 is 0 Å². The molecule has 6 nitrogen and oxygen atoms in total. The molecule has 0 saturated heterocycles. The number of rotatable bonds is 4. The number of aromatic hydroxyl groups is 1. The van der Waals surface area contributed by atoms with Crippen LogP contribution in [0, 0.1) is 0 Å². The molecular formula is C14H17N3O3. The first-order chi connectivity index (χ1) is 9.52. The van der Waals surface area contributed by atoms with E-state index in [0.29, 0.717) is 5.92 Å². The Balaban J connectivity index is 2.37. The molecule has 0 radical (unpaired) electrons. The van der Waals surface area contributed by atoms with Crippen molar-refractivity contribution in [1.29, 1.82) is 0 Å². The lowest BCUT2D eigenvalue weighted by Crippen LogP contribution is -2.22. The number of aromatic nitrogens is 2. The van der Waals surface area contributed by atoms with Crippen molar-refractivity contribution in [3.8, 4) is 11.4 Å². The molecular weight excluding hydrogens is 258 g/mol. The maximum atomic E-state index is 11.6. The molecule has 0 bridgehead atoms. The highest BCUT2D eigenvalue weighted by atomic mass is 16.6. The predicted molar refractivity (Wildman–Crippen MR) is 73.8 cm³/mol. The number of hydroxylamine groups is 1. The van der Waals surface area contributed by atoms with Crippen molar-refractivity contribution in [2.24, 2.45) is 0 Å². The SMILES string of the molecule is CONC(=O)c1nn(-c2cccc(C(C)C)c2)cc1O. The standard InChI is InChI=1S/C14H17N3O3/c1-9(2)10-5-4-6-11(7-10)17-8-12(18)13(15-17)14(19)16-20-3/h4-9,18H,1-3H3,(H,16,19). The molecule has 1 aromatic carbocycles. The maximum absolute atomic E-state index is 11.6. The molecule has 0 atom stereocenters. The van der Waals surface area contributed by atoms with Crippen LogP contribution in [0.25, 0.3) is 5.69 Å². The molecule has 0 aliphatic rings. The molecule has 0 spiro atoms. The summed E-state index contributed by atoms with van der Waals surface area (Å²) in [5.74, 6) is -0.409. The molecule has 6 heteroatoms. The summed E-state index contributed by atoms with van der Waals surface area (Å²) in [6.45, 7) is 4.19. The number of hydrogen-bond donors (Lipinski definition) is 2. The van der Waals surface area contributed by atoms with Gasteiger partial charge in [0, 0.05) is 0 Å². The number of carbonyl (C=O) groups is 1. The van der Waals surface area contributed by atoms with Crippen LogP contribution < -0.4 is 5.48 Å². The molecule has 2 rings (SSSR count). The van der Waals surface area contributed by atoms with Crippen molar-refractivity contribution in [3.63, 3.8) is 0 Å². The van der Waals surface area contributed by atoms with E-state index in [1.54, 1.807) is 0 Å². The Hall–Kier alpha value is -2.34. The minimum absolute atomic E-state index is 0.0817. The van der Waals surface area contributed by atoms with Crippen molar-refractivity contribution in [1.82, 2.24) is 15.3 Å². The first-order valence-corrected chi connectivity index (χ1v) is 6.25. The van der Waals surface area contributed by atoms with Crippen LogP contribution in [0.2, 0.25) is 0 Å². The summed E-state index contributed by atoms with van der Waals surface area (Å²) in [7, 11) is 1.32. The number of amides is 1. The third-order valence-electron chi connectivity index (χ3n) is 2.91. The van der Waals surface area contributed by atoms with Crippen LogP contribution >= 0.6 is 0 Å². The second-order valence-corrected chi connectivity index (χ2v) is 4.69. The zero-order chi connectivity index (χ0) is 14.7. The van der Waals surface area contributed by atoms with Crippen LogP contribution in [0.3, 0.4) is 0 Å². The molecule has 0 saturated carbocycles. The highest BCUT2D eigenvalue weighted by Gasteiger charge is 2.17. The highest BCUT2D eigenvalue weighted by Crippen LogP contribution is 2.21. The zero-order valence-electron chi connectivity index (χ0n) is 11.6. The second-order valence-electron chi connectivity index (χ2n) is 4.69. The van der Waals surface area contributed by atoms with Crippen LogP contribution in [0.4, 0.5) is 0 Å². The molecule has 1 heterocycles. The quantitative estimate of drug-likeness (QED) is 0.837. The van der Waals surface area contributed by atoms with Gasteiger partial charge in [-0.2, -0.15) is 5.10 Å². The lowest BCUT2D eigenvalue weighted by Gasteiger charge is -2.07. The van der Waals surface area contributed by atoms with Crippen molar-refractivity contribution < 1.29 is 14.7 Å². The van der Waals surface area contributed by atoms with Gasteiger partial charge in [0.1, 0.15) is 0 Å². The number of benzene rings is 1. The van der Waals surface area contributed by atoms with Gasteiger partial charge in [-0.15, -0.1) is 0 Å². The van der Waals surface area contributed by atoms with E-state index in [0.717, 1.165) is 11.3 Å². The van der Waals surface area contributed by atoms with E-state index < -0.39 is 5.91 Å². The van der Waals surface area contributed by atoms with Gasteiger partial charge in [-0.1, -0.05) is 26.0 Å². The Morgan fingerprint density at radius 1 is 1.45 bits per heavy atom. The fourth-order valence-corrected chi connectivity index (χ4v) is 1.83. The fraction of sp³-hybridized carbons (Fsp3) is 0.286. The van der Waals surface area contributed by atoms with Crippen molar-refractivity contribution in [2.45, 2.75) is 19.8 Å². The van der Waals surface area contributed by atoms with E-state index in [-0.39, 0.29) is 11.4 Å². The normalized spacial score (nSPS) is 10.8. The number of carbonyl (C=O) groups excluding carboxylic acids is 1. The molecule has 1 aromatic heterocycles. The van der Waals surface area contributed by atoms with E-state index in [1.165, 1.54) is 18.0 Å². The topological polar surface area (TPSA) is 76.4 Å². The fourth-order valence-electron chi connectivity index (χ4n) is 1.83. The zero-order valence-corrected chi connectivity index (χ0v) is 11.6. The number of nitrogens with zero attached hydrogens (tertiary/aromatic N) is 2. The summed E-state index contributed by atoms with van der Waals surface area (Å²) in [6.07, 6.45) is 1.39. The Bertz CT molecular complexity index is 620. The van der Waals surface area contributed by atoms with Crippen LogP contribution in [-0.4, -0.2) is 27.9 Å². The van der Waals surface area contributed by atoms with Gasteiger partial charge < -0.3 is 5.11 Å². The summed E-state index contributed by atoms with van der Waals surface area (Å²) in [5.41, 5.74) is 3.97. The molecule has 0 aliphatic heterocycles. The third kappa shape index (κ3) is 2.80. The van der Waals surface area contributed by atoms with Gasteiger partial charge in [-0.05, 0) is 23.6 Å². The molecule has 106 valence electrons. The van der Waals surface area contributed by atoms with E-state index in [9.17, 15) is 9.90 Å². The predicted octanol–water partition coefficient (Wildman–Crippen LogP) is 1.99. The molecule has 2 aromatic rings. The molecule has 20 heavy (non-hydrogen) atoms. The second kappa shape index (κ2) is 5.75. The van der Waals surface area contributed by atoms with Gasteiger partial charge in [0.25, 0.3) is 5.91 Å². The van der Waals surface area contributed by atoms with Gasteiger partial charge in [-0.3, -0.25) is 9.63 Å². The summed E-state index contributed by atoms with van der Waals surface area (Å²) in [4.78, 5) is 16.1. The molecule has 2 N–H and O–H groups in total. The summed E-state index contributed by atoms with van der Waals surface area (Å²) >= 11 is 0. The van der Waals surface area contributed by atoms with E-state index in [1.807, 2.05) is 24.3 Å². The number of hydrogen-bond acceptors (Lipinski definition) is 4. The Morgan fingerprint density at radius 2 is 2.20 bits per heavy atom. The maximum Gasteiger partial charge on any atom is 0.299 e. The van der Waals surface area contributed by atoms with Crippen molar-refractivity contribution >= 4 is 5.91 Å². The molecule has 0 aliphatic carbocycles. The number of nitrogens with one attached hydrogen (secondary N) is 1. The minimum Gasteiger partial charge on any atom is -0.504 e. The lowest BCUT2D eigenvalue weighted by molar-refractivity contribution is 0.0529. The van der Waals surface area contributed by atoms with Gasteiger partial charge in [0.15, 0.2) is 11.4 Å². The third-order valence-corrected chi connectivity index (χ3v) is 2.91. The van der Waals surface area contributed by atoms with Gasteiger partial charge in [0.2, 0.25) is 0 Å². The van der Waals surface area contributed by atoms with Crippen LogP contribution in [0.1, 0.15) is 35.8 Å². The average Bonchev–Trinajstić information content (AvgIpc) is 2.81. The smallest absolute Gasteiger partial charge is 0.299 e. The van der Waals surface area contributed by atoms with Gasteiger partial charge >= 0.3 is 0 Å². The molecule has 0 unspecified atom stereocenters. The Kier molecular flexibility index (Phi) is 4.05. The van der Waals surface area contributed by atoms with Gasteiger partial charge in [0.05, 0.1) is 19.0 Å².